The van der Waals surface area contributed by atoms with E-state index in [1.165, 1.54) is 6.92 Å². The van der Waals surface area contributed by atoms with Crippen molar-refractivity contribution < 1.29 is 22.7 Å². The van der Waals surface area contributed by atoms with E-state index in [-0.39, 0.29) is 5.69 Å². The molecule has 0 aliphatic rings. The molecule has 0 aromatic carbocycles. The molecule has 82 valence electrons. The molecule has 0 radical (unpaired) electrons. The van der Waals surface area contributed by atoms with Crippen molar-refractivity contribution >= 4 is 5.97 Å². The largest absolute Gasteiger partial charge is 0.465 e. The topological polar surface area (TPSA) is 39.2 Å². The SMILES string of the molecule is COC(=O)c1cc(F)c(C)nc1C(F)F. The van der Waals surface area contributed by atoms with Crippen LogP contribution in [-0.2, 0) is 4.74 Å². The predicted octanol–water partition coefficient (Wildman–Crippen LogP) is 2.25. The van der Waals surface area contributed by atoms with Crippen molar-refractivity contribution in [3.05, 3.63) is 28.8 Å². The number of pyridine rings is 1. The summed E-state index contributed by atoms with van der Waals surface area (Å²) < 4.78 is 42.1. The highest BCUT2D eigenvalue weighted by Gasteiger charge is 2.22. The lowest BCUT2D eigenvalue weighted by Gasteiger charge is -2.07. The van der Waals surface area contributed by atoms with E-state index in [2.05, 4.69) is 9.72 Å². The van der Waals surface area contributed by atoms with Gasteiger partial charge in [-0.25, -0.2) is 22.9 Å². The Morgan fingerprint density at radius 1 is 1.53 bits per heavy atom. The first kappa shape index (κ1) is 11.5. The van der Waals surface area contributed by atoms with Crippen molar-refractivity contribution in [3.8, 4) is 0 Å². The quantitative estimate of drug-likeness (QED) is 0.716. The van der Waals surface area contributed by atoms with E-state index in [1.807, 2.05) is 0 Å². The number of carbonyl (C=O) groups is 1. The Bertz CT molecular complexity index is 393. The van der Waals surface area contributed by atoms with Gasteiger partial charge in [-0.1, -0.05) is 0 Å². The highest BCUT2D eigenvalue weighted by atomic mass is 19.3. The third kappa shape index (κ3) is 2.26. The lowest BCUT2D eigenvalue weighted by atomic mass is 10.1. The van der Waals surface area contributed by atoms with Crippen LogP contribution in [0.2, 0.25) is 0 Å². The number of hydrogen-bond donors (Lipinski definition) is 0. The number of methoxy groups -OCH3 is 1. The average molecular weight is 219 g/mol. The summed E-state index contributed by atoms with van der Waals surface area (Å²) in [5.74, 6) is -1.85. The maximum Gasteiger partial charge on any atom is 0.340 e. The van der Waals surface area contributed by atoms with Crippen molar-refractivity contribution in [1.29, 1.82) is 0 Å². The van der Waals surface area contributed by atoms with E-state index in [4.69, 9.17) is 0 Å². The molecule has 15 heavy (non-hydrogen) atoms. The zero-order valence-electron chi connectivity index (χ0n) is 8.05. The molecule has 0 bridgehead atoms. The second-order valence-corrected chi connectivity index (χ2v) is 2.78. The van der Waals surface area contributed by atoms with Gasteiger partial charge in [-0.15, -0.1) is 0 Å². The van der Waals surface area contributed by atoms with Crippen molar-refractivity contribution in [2.75, 3.05) is 7.11 Å². The van der Waals surface area contributed by atoms with Gasteiger partial charge in [0.25, 0.3) is 6.43 Å². The number of aromatic nitrogens is 1. The van der Waals surface area contributed by atoms with Gasteiger partial charge in [-0.05, 0) is 13.0 Å². The smallest absolute Gasteiger partial charge is 0.340 e. The molecule has 0 N–H and O–H groups in total. The van der Waals surface area contributed by atoms with Crippen LogP contribution in [0.1, 0.15) is 28.2 Å². The number of aryl methyl sites for hydroxylation is 1. The molecule has 0 atom stereocenters. The molecule has 1 rings (SSSR count). The minimum absolute atomic E-state index is 0.182. The molecule has 1 aromatic rings. The van der Waals surface area contributed by atoms with E-state index >= 15 is 0 Å². The second kappa shape index (κ2) is 4.29. The Kier molecular flexibility index (Phi) is 3.28. The highest BCUT2D eigenvalue weighted by Crippen LogP contribution is 2.23. The van der Waals surface area contributed by atoms with Gasteiger partial charge in [-0.2, -0.15) is 0 Å². The maximum absolute atomic E-state index is 13.0. The number of nitrogens with zero attached hydrogens (tertiary/aromatic N) is 1. The molecule has 0 saturated carbocycles. The zero-order valence-corrected chi connectivity index (χ0v) is 8.05. The summed E-state index contributed by atoms with van der Waals surface area (Å²) >= 11 is 0. The van der Waals surface area contributed by atoms with Crippen molar-refractivity contribution in [2.45, 2.75) is 13.3 Å². The van der Waals surface area contributed by atoms with Crippen LogP contribution in [0.15, 0.2) is 6.07 Å². The molecule has 0 fully saturated rings. The molecule has 3 nitrogen and oxygen atoms in total. The maximum atomic E-state index is 13.0. The standard InChI is InChI=1S/C9H8F3NO2/c1-4-6(10)3-5(9(14)15-2)7(13-4)8(11)12/h3,8H,1-2H3. The Labute approximate surface area is 83.9 Å². The molecule has 0 aliphatic heterocycles. The fourth-order valence-corrected chi connectivity index (χ4v) is 1.04. The van der Waals surface area contributed by atoms with Crippen LogP contribution in [0.3, 0.4) is 0 Å². The van der Waals surface area contributed by atoms with Crippen LogP contribution >= 0.6 is 0 Å². The van der Waals surface area contributed by atoms with Crippen LogP contribution in [0, 0.1) is 12.7 Å². The number of alkyl halides is 2. The fourth-order valence-electron chi connectivity index (χ4n) is 1.04. The van der Waals surface area contributed by atoms with Gasteiger partial charge < -0.3 is 4.74 Å². The van der Waals surface area contributed by atoms with Gasteiger partial charge in [0.05, 0.1) is 18.4 Å². The first-order valence-electron chi connectivity index (χ1n) is 4.01. The zero-order chi connectivity index (χ0) is 11.6. The molecule has 1 aromatic heterocycles. The molecule has 0 unspecified atom stereocenters. The minimum Gasteiger partial charge on any atom is -0.465 e. The molecule has 1 heterocycles. The number of halogens is 3. The Morgan fingerprint density at radius 3 is 2.60 bits per heavy atom. The third-order valence-electron chi connectivity index (χ3n) is 1.79. The average Bonchev–Trinajstić information content (AvgIpc) is 2.20. The monoisotopic (exact) mass is 219 g/mol. The molecule has 0 aliphatic carbocycles. The first-order chi connectivity index (χ1) is 6.97. The molecule has 0 spiro atoms. The van der Waals surface area contributed by atoms with Gasteiger partial charge in [0.2, 0.25) is 0 Å². The van der Waals surface area contributed by atoms with Crippen LogP contribution in [0.25, 0.3) is 0 Å². The van der Waals surface area contributed by atoms with Crippen LogP contribution < -0.4 is 0 Å². The van der Waals surface area contributed by atoms with E-state index in [1.54, 1.807) is 0 Å². The van der Waals surface area contributed by atoms with E-state index in [0.717, 1.165) is 7.11 Å². The lowest BCUT2D eigenvalue weighted by molar-refractivity contribution is 0.0586. The normalized spacial score (nSPS) is 10.5. The Balaban J connectivity index is 3.34. The number of rotatable bonds is 2. The van der Waals surface area contributed by atoms with Crippen LogP contribution in [-0.4, -0.2) is 18.1 Å². The van der Waals surface area contributed by atoms with Gasteiger partial charge in [-0.3, -0.25) is 0 Å². The van der Waals surface area contributed by atoms with Gasteiger partial charge >= 0.3 is 5.97 Å². The number of carbonyl (C=O) groups excluding carboxylic acids is 1. The molecular formula is C9H8F3NO2. The first-order valence-corrected chi connectivity index (χ1v) is 4.01. The number of hydrogen-bond acceptors (Lipinski definition) is 3. The van der Waals surface area contributed by atoms with Crippen molar-refractivity contribution in [3.63, 3.8) is 0 Å². The summed E-state index contributed by atoms with van der Waals surface area (Å²) in [6.45, 7) is 1.24. The number of ether oxygens (including phenoxy) is 1. The number of esters is 1. The van der Waals surface area contributed by atoms with Gasteiger partial charge in [0.15, 0.2) is 0 Å². The van der Waals surface area contributed by atoms with Crippen LogP contribution in [0.4, 0.5) is 13.2 Å². The summed E-state index contributed by atoms with van der Waals surface area (Å²) in [4.78, 5) is 14.4. The van der Waals surface area contributed by atoms with Crippen molar-refractivity contribution in [2.24, 2.45) is 0 Å². The molecule has 6 heteroatoms. The highest BCUT2D eigenvalue weighted by molar-refractivity contribution is 5.90. The Morgan fingerprint density at radius 2 is 2.13 bits per heavy atom. The molecular weight excluding hydrogens is 211 g/mol. The van der Waals surface area contributed by atoms with Gasteiger partial charge in [0, 0.05) is 0 Å². The van der Waals surface area contributed by atoms with Crippen molar-refractivity contribution in [1.82, 2.24) is 4.98 Å². The molecule has 0 saturated heterocycles. The van der Waals surface area contributed by atoms with E-state index < -0.39 is 29.5 Å². The summed E-state index contributed by atoms with van der Waals surface area (Å²) in [6.07, 6.45) is -2.95. The minimum atomic E-state index is -2.95. The lowest BCUT2D eigenvalue weighted by Crippen LogP contribution is -2.10. The summed E-state index contributed by atoms with van der Waals surface area (Å²) in [5.41, 5.74) is -1.49. The van der Waals surface area contributed by atoms with E-state index in [0.29, 0.717) is 6.07 Å². The second-order valence-electron chi connectivity index (χ2n) is 2.78. The van der Waals surface area contributed by atoms with Gasteiger partial charge in [0.1, 0.15) is 11.5 Å². The summed E-state index contributed by atoms with van der Waals surface area (Å²) in [5, 5.41) is 0. The fraction of sp³-hybridized carbons (Fsp3) is 0.333. The summed E-state index contributed by atoms with van der Waals surface area (Å²) in [6, 6.07) is 0.704. The third-order valence-corrected chi connectivity index (χ3v) is 1.79. The predicted molar refractivity (Wildman–Crippen MR) is 45.2 cm³/mol. The van der Waals surface area contributed by atoms with Crippen LogP contribution in [0.5, 0.6) is 0 Å². The molecule has 0 amide bonds. The summed E-state index contributed by atoms with van der Waals surface area (Å²) in [7, 11) is 1.02. The Hall–Kier alpha value is -1.59. The van der Waals surface area contributed by atoms with E-state index in [9.17, 15) is 18.0 Å².